The zero-order valence-corrected chi connectivity index (χ0v) is 12.8. The van der Waals surface area contributed by atoms with Gasteiger partial charge in [0, 0.05) is 14.3 Å². The van der Waals surface area contributed by atoms with Gasteiger partial charge in [0.2, 0.25) is 0 Å². The first-order valence-electron chi connectivity index (χ1n) is 5.08. The fraction of sp³-hybridized carbons (Fsp3) is 0. The van der Waals surface area contributed by atoms with Gasteiger partial charge < -0.3 is 5.32 Å². The minimum atomic E-state index is -0.274. The number of carbonyl (C=O) groups is 1. The van der Waals surface area contributed by atoms with Crippen molar-refractivity contribution in [3.05, 3.63) is 61.6 Å². The van der Waals surface area contributed by atoms with Gasteiger partial charge in [-0.1, -0.05) is 23.2 Å². The summed E-state index contributed by atoms with van der Waals surface area (Å²) >= 11 is 14.0. The van der Waals surface area contributed by atoms with Crippen LogP contribution in [-0.4, -0.2) is 5.91 Å². The number of amides is 1. The number of carbonyl (C=O) groups excluding carboxylic acids is 1. The lowest BCUT2D eigenvalue weighted by atomic mass is 10.2. The van der Waals surface area contributed by atoms with E-state index in [4.69, 9.17) is 23.2 Å². The van der Waals surface area contributed by atoms with Crippen LogP contribution in [0.4, 0.5) is 5.69 Å². The summed E-state index contributed by atoms with van der Waals surface area (Å²) in [4.78, 5) is 12.0. The van der Waals surface area contributed by atoms with Gasteiger partial charge in [0.1, 0.15) is 0 Å². The smallest absolute Gasteiger partial charge is 0.257 e. The van der Waals surface area contributed by atoms with E-state index in [0.717, 1.165) is 9.26 Å². The summed E-state index contributed by atoms with van der Waals surface area (Å²) in [5.74, 6) is -0.274. The fourth-order valence-corrected chi connectivity index (χ4v) is 2.14. The van der Waals surface area contributed by atoms with Gasteiger partial charge >= 0.3 is 0 Å². The molecule has 0 aliphatic heterocycles. The molecule has 18 heavy (non-hydrogen) atoms. The Labute approximate surface area is 128 Å². The second-order valence-corrected chi connectivity index (χ2v) is 5.67. The minimum Gasteiger partial charge on any atom is -0.322 e. The Balaban J connectivity index is 2.21. The van der Waals surface area contributed by atoms with Crippen LogP contribution in [-0.2, 0) is 0 Å². The maximum absolute atomic E-state index is 12.0. The second-order valence-electron chi connectivity index (χ2n) is 3.59. The highest BCUT2D eigenvalue weighted by Crippen LogP contribution is 2.22. The zero-order valence-electron chi connectivity index (χ0n) is 9.08. The van der Waals surface area contributed by atoms with Gasteiger partial charge in [0.15, 0.2) is 0 Å². The van der Waals surface area contributed by atoms with Crippen molar-refractivity contribution < 1.29 is 4.79 Å². The summed E-state index contributed by atoms with van der Waals surface area (Å²) in [6, 6.07) is 12.3. The van der Waals surface area contributed by atoms with Crippen LogP contribution < -0.4 is 5.32 Å². The molecule has 2 nitrogen and oxygen atoms in total. The molecule has 2 aromatic rings. The highest BCUT2D eigenvalue weighted by Gasteiger charge is 2.11. The van der Waals surface area contributed by atoms with E-state index in [1.807, 2.05) is 24.3 Å². The van der Waals surface area contributed by atoms with Crippen molar-refractivity contribution in [2.24, 2.45) is 0 Å². The van der Waals surface area contributed by atoms with Gasteiger partial charge in [-0.15, -0.1) is 0 Å². The highest BCUT2D eigenvalue weighted by molar-refractivity contribution is 14.1. The molecule has 0 saturated carbocycles. The van der Waals surface area contributed by atoms with Gasteiger partial charge in [0.05, 0.1) is 10.6 Å². The van der Waals surface area contributed by atoms with Gasteiger partial charge in [-0.25, -0.2) is 0 Å². The van der Waals surface area contributed by atoms with Crippen LogP contribution in [0.2, 0.25) is 10.0 Å². The topological polar surface area (TPSA) is 29.1 Å². The summed E-state index contributed by atoms with van der Waals surface area (Å²) in [6.45, 7) is 0. The minimum absolute atomic E-state index is 0.274. The first kappa shape index (κ1) is 13.6. The van der Waals surface area contributed by atoms with Gasteiger partial charge in [-0.3, -0.25) is 4.79 Å². The lowest BCUT2D eigenvalue weighted by molar-refractivity contribution is 0.102. The molecule has 1 N–H and O–H groups in total. The van der Waals surface area contributed by atoms with Crippen molar-refractivity contribution in [1.82, 2.24) is 0 Å². The summed E-state index contributed by atoms with van der Waals surface area (Å²) < 4.78 is 1.10. The number of benzene rings is 2. The predicted octanol–water partition coefficient (Wildman–Crippen LogP) is 4.85. The SMILES string of the molecule is O=C(Nc1ccc(I)cc1)c1cc(Cl)ccc1Cl. The molecule has 0 atom stereocenters. The van der Waals surface area contributed by atoms with E-state index in [1.165, 1.54) is 0 Å². The largest absolute Gasteiger partial charge is 0.322 e. The maximum atomic E-state index is 12.0. The Morgan fingerprint density at radius 3 is 2.39 bits per heavy atom. The van der Waals surface area contributed by atoms with Crippen LogP contribution in [0.1, 0.15) is 10.4 Å². The standard InChI is InChI=1S/C13H8Cl2INO/c14-8-1-6-12(15)11(7-8)13(18)17-10-4-2-9(16)3-5-10/h1-7H,(H,17,18). The summed E-state index contributed by atoms with van der Waals surface area (Å²) in [5, 5.41) is 3.62. The van der Waals surface area contributed by atoms with E-state index >= 15 is 0 Å². The summed E-state index contributed by atoms with van der Waals surface area (Å²) in [7, 11) is 0. The lowest BCUT2D eigenvalue weighted by Crippen LogP contribution is -2.12. The molecular formula is C13H8Cl2INO. The molecule has 2 aromatic carbocycles. The van der Waals surface area contributed by atoms with Crippen LogP contribution in [0.25, 0.3) is 0 Å². The number of hydrogen-bond acceptors (Lipinski definition) is 1. The van der Waals surface area contributed by atoms with Crippen LogP contribution in [0.3, 0.4) is 0 Å². The van der Waals surface area contributed by atoms with Crippen molar-refractivity contribution in [2.45, 2.75) is 0 Å². The summed E-state index contributed by atoms with van der Waals surface area (Å²) in [6.07, 6.45) is 0. The van der Waals surface area contributed by atoms with E-state index in [2.05, 4.69) is 27.9 Å². The molecule has 0 unspecified atom stereocenters. The van der Waals surface area contributed by atoms with Crippen LogP contribution in [0.5, 0.6) is 0 Å². The highest BCUT2D eigenvalue weighted by atomic mass is 127. The first-order chi connectivity index (χ1) is 8.56. The Morgan fingerprint density at radius 2 is 1.72 bits per heavy atom. The van der Waals surface area contributed by atoms with Crippen LogP contribution in [0.15, 0.2) is 42.5 Å². The average molecular weight is 392 g/mol. The molecule has 0 fully saturated rings. The van der Waals surface area contributed by atoms with Gasteiger partial charge in [-0.05, 0) is 65.1 Å². The van der Waals surface area contributed by atoms with Crippen LogP contribution >= 0.6 is 45.8 Å². The molecule has 92 valence electrons. The van der Waals surface area contributed by atoms with E-state index in [1.54, 1.807) is 18.2 Å². The number of rotatable bonds is 2. The lowest BCUT2D eigenvalue weighted by Gasteiger charge is -2.07. The van der Waals surface area contributed by atoms with Gasteiger partial charge in [0.25, 0.3) is 5.91 Å². The molecule has 0 aromatic heterocycles. The Hall–Kier alpha value is -0.780. The summed E-state index contributed by atoms with van der Waals surface area (Å²) in [5.41, 5.74) is 1.08. The van der Waals surface area contributed by atoms with Crippen molar-refractivity contribution in [2.75, 3.05) is 5.32 Å². The van der Waals surface area contributed by atoms with Crippen molar-refractivity contribution in [1.29, 1.82) is 0 Å². The molecule has 0 saturated heterocycles. The third-order valence-corrected chi connectivity index (χ3v) is 3.56. The zero-order chi connectivity index (χ0) is 13.1. The molecule has 2 rings (SSSR count). The Morgan fingerprint density at radius 1 is 1.06 bits per heavy atom. The number of halogens is 3. The van der Waals surface area contributed by atoms with Crippen molar-refractivity contribution >= 4 is 57.4 Å². The van der Waals surface area contributed by atoms with Crippen molar-refractivity contribution in [3.8, 4) is 0 Å². The van der Waals surface area contributed by atoms with E-state index in [0.29, 0.717) is 15.6 Å². The molecule has 5 heteroatoms. The van der Waals surface area contributed by atoms with Crippen molar-refractivity contribution in [3.63, 3.8) is 0 Å². The van der Waals surface area contributed by atoms with E-state index in [9.17, 15) is 4.79 Å². The predicted molar refractivity (Wildman–Crippen MR) is 83.6 cm³/mol. The van der Waals surface area contributed by atoms with E-state index < -0.39 is 0 Å². The monoisotopic (exact) mass is 391 g/mol. The average Bonchev–Trinajstić information content (AvgIpc) is 2.35. The first-order valence-corrected chi connectivity index (χ1v) is 6.92. The van der Waals surface area contributed by atoms with Crippen LogP contribution in [0, 0.1) is 3.57 Å². The molecule has 0 heterocycles. The Kier molecular flexibility index (Phi) is 4.48. The molecule has 0 aliphatic carbocycles. The molecule has 0 aliphatic rings. The number of anilines is 1. The molecule has 0 spiro atoms. The third-order valence-electron chi connectivity index (χ3n) is 2.28. The second kappa shape index (κ2) is 5.91. The van der Waals surface area contributed by atoms with E-state index in [-0.39, 0.29) is 5.91 Å². The third kappa shape index (κ3) is 3.37. The molecule has 0 bridgehead atoms. The molecular weight excluding hydrogens is 384 g/mol. The van der Waals surface area contributed by atoms with Gasteiger partial charge in [-0.2, -0.15) is 0 Å². The fourth-order valence-electron chi connectivity index (χ4n) is 1.40. The number of nitrogens with one attached hydrogen (secondary N) is 1. The molecule has 0 radical (unpaired) electrons. The maximum Gasteiger partial charge on any atom is 0.257 e. The Bertz CT molecular complexity index is 584. The normalized spacial score (nSPS) is 10.2. The quantitative estimate of drug-likeness (QED) is 0.728. The number of hydrogen-bond donors (Lipinski definition) is 1. The molecule has 1 amide bonds.